The van der Waals surface area contributed by atoms with Gasteiger partial charge in [-0.3, -0.25) is 19.3 Å². The number of nitrogens with one attached hydrogen (secondary N) is 1. The van der Waals surface area contributed by atoms with Crippen molar-refractivity contribution in [3.8, 4) is 0 Å². The third-order valence-electron chi connectivity index (χ3n) is 5.83. The molecule has 9 heteroatoms. The lowest BCUT2D eigenvalue weighted by Crippen LogP contribution is -2.47. The third kappa shape index (κ3) is 4.61. The maximum Gasteiger partial charge on any atom is 0.326 e. The number of benzene rings is 3. The zero-order valence-electron chi connectivity index (χ0n) is 18.7. The van der Waals surface area contributed by atoms with Gasteiger partial charge in [-0.1, -0.05) is 60.7 Å². The van der Waals surface area contributed by atoms with Crippen LogP contribution in [0.1, 0.15) is 17.5 Å². The summed E-state index contributed by atoms with van der Waals surface area (Å²) in [4.78, 5) is 53.5. The van der Waals surface area contributed by atoms with Gasteiger partial charge in [-0.15, -0.1) is 0 Å². The molecule has 3 aromatic rings. The van der Waals surface area contributed by atoms with Crippen LogP contribution in [0.25, 0.3) is 0 Å². The van der Waals surface area contributed by atoms with Crippen LogP contribution in [-0.4, -0.2) is 41.7 Å². The van der Waals surface area contributed by atoms with Gasteiger partial charge in [-0.2, -0.15) is 0 Å². The van der Waals surface area contributed by atoms with E-state index in [2.05, 4.69) is 5.32 Å². The van der Waals surface area contributed by atoms with E-state index < -0.39 is 41.7 Å². The predicted octanol–water partition coefficient (Wildman–Crippen LogP) is 2.53. The molecule has 0 radical (unpaired) electrons. The molecule has 0 bridgehead atoms. The number of carbonyl (C=O) groups is 4. The molecule has 1 aliphatic rings. The summed E-state index contributed by atoms with van der Waals surface area (Å²) in [5, 5.41) is 2.78. The molecule has 3 N–H and O–H groups in total. The largest absolute Gasteiger partial charge is 0.370 e. The van der Waals surface area contributed by atoms with Crippen molar-refractivity contribution in [3.05, 3.63) is 102 Å². The molecule has 35 heavy (non-hydrogen) atoms. The number of nitrogens with two attached hydrogens (primary N) is 1. The Morgan fingerprint density at radius 3 is 1.94 bits per heavy atom. The first-order valence-corrected chi connectivity index (χ1v) is 10.9. The number of hydrogen-bond acceptors (Lipinski definition) is 4. The number of anilines is 1. The van der Waals surface area contributed by atoms with E-state index in [9.17, 15) is 23.6 Å². The van der Waals surface area contributed by atoms with Gasteiger partial charge in [0.25, 0.3) is 5.91 Å². The molecular formula is C26H23FN4O4. The maximum absolute atomic E-state index is 13.8. The van der Waals surface area contributed by atoms with Gasteiger partial charge in [-0.25, -0.2) is 9.18 Å². The van der Waals surface area contributed by atoms with E-state index >= 15 is 0 Å². The number of carbonyl (C=O) groups excluding carboxylic acids is 4. The van der Waals surface area contributed by atoms with Crippen molar-refractivity contribution in [1.82, 2.24) is 10.2 Å². The summed E-state index contributed by atoms with van der Waals surface area (Å²) in [6, 6.07) is 21.9. The highest BCUT2D eigenvalue weighted by atomic mass is 19.1. The quantitative estimate of drug-likeness (QED) is 0.489. The molecule has 178 valence electrons. The monoisotopic (exact) mass is 474 g/mol. The van der Waals surface area contributed by atoms with Crippen molar-refractivity contribution >= 4 is 29.4 Å². The van der Waals surface area contributed by atoms with Crippen LogP contribution in [0, 0.1) is 5.82 Å². The van der Waals surface area contributed by atoms with Crippen molar-refractivity contribution in [2.24, 2.45) is 5.73 Å². The molecule has 0 unspecified atom stereocenters. The highest BCUT2D eigenvalue weighted by Gasteiger charge is 2.54. The molecule has 1 fully saturated rings. The fourth-order valence-electron chi connectivity index (χ4n) is 4.12. The van der Waals surface area contributed by atoms with E-state index in [-0.39, 0.29) is 13.0 Å². The number of nitrogens with zero attached hydrogens (tertiary/aromatic N) is 2. The molecule has 1 heterocycles. The van der Waals surface area contributed by atoms with Crippen LogP contribution in [0.15, 0.2) is 84.9 Å². The summed E-state index contributed by atoms with van der Waals surface area (Å²) in [7, 11) is 0. The fraction of sp³-hybridized carbons (Fsp3) is 0.154. The highest BCUT2D eigenvalue weighted by molar-refractivity contribution is 6.12. The lowest BCUT2D eigenvalue weighted by atomic mass is 9.82. The number of primary amides is 1. The summed E-state index contributed by atoms with van der Waals surface area (Å²) in [6.07, 6.45) is -0.152. The van der Waals surface area contributed by atoms with Crippen molar-refractivity contribution in [1.29, 1.82) is 0 Å². The van der Waals surface area contributed by atoms with Gasteiger partial charge in [0.2, 0.25) is 11.8 Å². The van der Waals surface area contributed by atoms with Crippen LogP contribution < -0.4 is 16.0 Å². The SMILES string of the molecule is NC(=O)CCN(C(=O)CN1C(=O)NC(c2ccccc2)(c2ccccc2)C1=O)c1ccc(F)cc1. The van der Waals surface area contributed by atoms with Gasteiger partial charge in [0.1, 0.15) is 12.4 Å². The lowest BCUT2D eigenvalue weighted by molar-refractivity contribution is -0.133. The van der Waals surface area contributed by atoms with Gasteiger partial charge in [0, 0.05) is 18.7 Å². The topological polar surface area (TPSA) is 113 Å². The van der Waals surface area contributed by atoms with Crippen LogP contribution in [0.2, 0.25) is 0 Å². The molecular weight excluding hydrogens is 451 g/mol. The maximum atomic E-state index is 13.8. The number of imide groups is 1. The molecule has 0 atom stereocenters. The zero-order valence-corrected chi connectivity index (χ0v) is 18.7. The molecule has 8 nitrogen and oxygen atoms in total. The van der Waals surface area contributed by atoms with Crippen LogP contribution >= 0.6 is 0 Å². The van der Waals surface area contributed by atoms with Crippen molar-refractivity contribution < 1.29 is 23.6 Å². The first-order chi connectivity index (χ1) is 16.8. The molecule has 0 saturated carbocycles. The van der Waals surface area contributed by atoms with Crippen molar-refractivity contribution in [2.75, 3.05) is 18.0 Å². The van der Waals surface area contributed by atoms with Gasteiger partial charge in [0.15, 0.2) is 5.54 Å². The number of amides is 5. The van der Waals surface area contributed by atoms with Gasteiger partial charge in [-0.05, 0) is 35.4 Å². The number of urea groups is 1. The number of rotatable bonds is 8. The minimum atomic E-state index is -1.51. The molecule has 4 rings (SSSR count). The average Bonchev–Trinajstić information content (AvgIpc) is 3.12. The first-order valence-electron chi connectivity index (χ1n) is 10.9. The average molecular weight is 474 g/mol. The Morgan fingerprint density at radius 2 is 1.43 bits per heavy atom. The number of hydrogen-bond donors (Lipinski definition) is 2. The van der Waals surface area contributed by atoms with E-state index in [0.29, 0.717) is 16.8 Å². The van der Waals surface area contributed by atoms with E-state index in [1.165, 1.54) is 29.2 Å². The Kier molecular flexibility index (Phi) is 6.59. The molecule has 3 aromatic carbocycles. The van der Waals surface area contributed by atoms with Gasteiger partial charge in [0.05, 0.1) is 0 Å². The summed E-state index contributed by atoms with van der Waals surface area (Å²) >= 11 is 0. The summed E-state index contributed by atoms with van der Waals surface area (Å²) < 4.78 is 13.4. The third-order valence-corrected chi connectivity index (χ3v) is 5.83. The standard InChI is InChI=1S/C26H23FN4O4/c27-20-11-13-21(14-12-20)30(16-15-22(28)32)23(33)17-31-24(34)26(29-25(31)35,18-7-3-1-4-8-18)19-9-5-2-6-10-19/h1-14H,15-17H2,(H2,28,32)(H,29,35). The smallest absolute Gasteiger partial charge is 0.326 e. The second-order valence-corrected chi connectivity index (χ2v) is 8.04. The first kappa shape index (κ1) is 23.6. The van der Waals surface area contributed by atoms with Gasteiger partial charge < -0.3 is 16.0 Å². The molecule has 1 aliphatic heterocycles. The molecule has 0 spiro atoms. The predicted molar refractivity (Wildman–Crippen MR) is 126 cm³/mol. The Balaban J connectivity index is 1.67. The Hall–Kier alpha value is -4.53. The highest BCUT2D eigenvalue weighted by Crippen LogP contribution is 2.36. The van der Waals surface area contributed by atoms with E-state index in [1.54, 1.807) is 60.7 Å². The normalized spacial score (nSPS) is 14.5. The number of halogens is 1. The molecule has 0 aliphatic carbocycles. The molecule has 5 amide bonds. The summed E-state index contributed by atoms with van der Waals surface area (Å²) in [5.41, 5.74) is 5.14. The minimum absolute atomic E-state index is 0.0913. The summed E-state index contributed by atoms with van der Waals surface area (Å²) in [5.74, 6) is -2.37. The molecule has 0 aromatic heterocycles. The van der Waals surface area contributed by atoms with Crippen LogP contribution in [0.4, 0.5) is 14.9 Å². The van der Waals surface area contributed by atoms with E-state index in [4.69, 9.17) is 5.73 Å². The minimum Gasteiger partial charge on any atom is -0.370 e. The van der Waals surface area contributed by atoms with E-state index in [1.807, 2.05) is 0 Å². The van der Waals surface area contributed by atoms with Gasteiger partial charge >= 0.3 is 6.03 Å². The van der Waals surface area contributed by atoms with Crippen LogP contribution in [0.5, 0.6) is 0 Å². The lowest BCUT2D eigenvalue weighted by Gasteiger charge is -2.28. The van der Waals surface area contributed by atoms with Crippen molar-refractivity contribution in [2.45, 2.75) is 12.0 Å². The summed E-state index contributed by atoms with van der Waals surface area (Å²) in [6.45, 7) is -0.672. The van der Waals surface area contributed by atoms with E-state index in [0.717, 1.165) is 4.90 Å². The second kappa shape index (κ2) is 9.76. The molecule has 1 saturated heterocycles. The fourth-order valence-corrected chi connectivity index (χ4v) is 4.12. The van der Waals surface area contributed by atoms with Crippen LogP contribution in [-0.2, 0) is 19.9 Å². The zero-order chi connectivity index (χ0) is 25.0. The van der Waals surface area contributed by atoms with Crippen molar-refractivity contribution in [3.63, 3.8) is 0 Å². The Morgan fingerprint density at radius 1 is 0.886 bits per heavy atom. The Labute approximate surface area is 201 Å². The second-order valence-electron chi connectivity index (χ2n) is 8.04. The Bertz CT molecular complexity index is 1210. The van der Waals surface area contributed by atoms with Crippen LogP contribution in [0.3, 0.4) is 0 Å².